The second kappa shape index (κ2) is 7.67. The maximum Gasteiger partial charge on any atom is 0.534 e. The van der Waals surface area contributed by atoms with Gasteiger partial charge in [-0.15, -0.1) is 0 Å². The van der Waals surface area contributed by atoms with E-state index in [0.29, 0.717) is 5.69 Å². The van der Waals surface area contributed by atoms with E-state index in [1.807, 2.05) is 0 Å². The predicted octanol–water partition coefficient (Wildman–Crippen LogP) is 2.88. The molecule has 3 aromatic rings. The van der Waals surface area contributed by atoms with Crippen LogP contribution in [0.3, 0.4) is 0 Å². The standard InChI is InChI=1S/C17H11F3N4O5S2/c1-30(25,26)13-6-4-12(5-7-13)23-16-22-9-11-3-2-10(8-21)15(14(11)24-16)29-31(27,28)17(18,19)20/h2-7,9H,1H3,(H,22,23,24). The summed E-state index contributed by atoms with van der Waals surface area (Å²) in [6, 6.07) is 9.38. The van der Waals surface area contributed by atoms with Crippen molar-refractivity contribution in [3.8, 4) is 11.8 Å². The van der Waals surface area contributed by atoms with Crippen molar-refractivity contribution in [3.05, 3.63) is 48.2 Å². The van der Waals surface area contributed by atoms with Crippen LogP contribution < -0.4 is 9.50 Å². The number of nitriles is 1. The van der Waals surface area contributed by atoms with Gasteiger partial charge in [-0.2, -0.15) is 26.9 Å². The van der Waals surface area contributed by atoms with Crippen LogP contribution in [0.5, 0.6) is 5.75 Å². The van der Waals surface area contributed by atoms with Crippen molar-refractivity contribution in [2.45, 2.75) is 10.4 Å². The van der Waals surface area contributed by atoms with Crippen LogP contribution in [-0.2, 0) is 20.0 Å². The molecule has 31 heavy (non-hydrogen) atoms. The minimum Gasteiger partial charge on any atom is -0.372 e. The second-order valence-corrected chi connectivity index (χ2v) is 9.64. The van der Waals surface area contributed by atoms with Gasteiger partial charge in [0, 0.05) is 23.5 Å². The summed E-state index contributed by atoms with van der Waals surface area (Å²) in [5, 5.41) is 12.0. The van der Waals surface area contributed by atoms with Gasteiger partial charge in [0.05, 0.1) is 10.5 Å². The summed E-state index contributed by atoms with van der Waals surface area (Å²) in [5.41, 5.74) is -6.20. The predicted molar refractivity (Wildman–Crippen MR) is 103 cm³/mol. The Bertz CT molecular complexity index is 1420. The largest absolute Gasteiger partial charge is 0.534 e. The van der Waals surface area contributed by atoms with Gasteiger partial charge in [-0.3, -0.25) is 0 Å². The third-order valence-electron chi connectivity index (χ3n) is 3.84. The second-order valence-electron chi connectivity index (χ2n) is 6.09. The first-order valence-electron chi connectivity index (χ1n) is 8.09. The van der Waals surface area contributed by atoms with Gasteiger partial charge >= 0.3 is 15.6 Å². The van der Waals surface area contributed by atoms with E-state index in [-0.39, 0.29) is 21.7 Å². The first kappa shape index (κ1) is 22.2. The zero-order valence-electron chi connectivity index (χ0n) is 15.4. The highest BCUT2D eigenvalue weighted by molar-refractivity contribution is 7.90. The van der Waals surface area contributed by atoms with Crippen molar-refractivity contribution < 1.29 is 34.2 Å². The molecule has 0 aliphatic carbocycles. The Kier molecular flexibility index (Phi) is 5.51. The van der Waals surface area contributed by atoms with Crippen molar-refractivity contribution >= 4 is 42.5 Å². The van der Waals surface area contributed by atoms with Crippen molar-refractivity contribution in [1.82, 2.24) is 9.97 Å². The van der Waals surface area contributed by atoms with E-state index in [4.69, 9.17) is 5.26 Å². The van der Waals surface area contributed by atoms with E-state index in [2.05, 4.69) is 19.5 Å². The van der Waals surface area contributed by atoms with Crippen LogP contribution in [0.1, 0.15) is 5.56 Å². The summed E-state index contributed by atoms with van der Waals surface area (Å²) in [5.74, 6) is -1.06. The minimum atomic E-state index is -6.05. The van der Waals surface area contributed by atoms with E-state index in [9.17, 15) is 30.0 Å². The lowest BCUT2D eigenvalue weighted by Crippen LogP contribution is -2.28. The zero-order valence-corrected chi connectivity index (χ0v) is 17.0. The Morgan fingerprint density at radius 1 is 1.06 bits per heavy atom. The van der Waals surface area contributed by atoms with Gasteiger partial charge in [-0.25, -0.2) is 18.4 Å². The number of benzene rings is 2. The van der Waals surface area contributed by atoms with Gasteiger partial charge in [0.25, 0.3) is 0 Å². The number of anilines is 2. The highest BCUT2D eigenvalue weighted by Gasteiger charge is 2.49. The van der Waals surface area contributed by atoms with Crippen molar-refractivity contribution in [1.29, 1.82) is 5.26 Å². The molecule has 0 saturated heterocycles. The van der Waals surface area contributed by atoms with Crippen LogP contribution >= 0.6 is 0 Å². The van der Waals surface area contributed by atoms with Gasteiger partial charge in [0.15, 0.2) is 15.6 Å². The number of rotatable bonds is 5. The summed E-state index contributed by atoms with van der Waals surface area (Å²) in [6.07, 6.45) is 2.22. The molecule has 162 valence electrons. The molecule has 9 nitrogen and oxygen atoms in total. The maximum absolute atomic E-state index is 12.8. The molecule has 3 rings (SSSR count). The number of nitrogens with zero attached hydrogens (tertiary/aromatic N) is 3. The molecular weight excluding hydrogens is 461 g/mol. The molecule has 0 unspecified atom stereocenters. The van der Waals surface area contributed by atoms with Gasteiger partial charge < -0.3 is 9.50 Å². The molecule has 2 aromatic carbocycles. The molecule has 0 atom stereocenters. The van der Waals surface area contributed by atoms with Crippen LogP contribution in [0.25, 0.3) is 10.9 Å². The van der Waals surface area contributed by atoms with Gasteiger partial charge in [-0.1, -0.05) is 0 Å². The SMILES string of the molecule is CS(=O)(=O)c1ccc(Nc2ncc3ccc(C#N)c(OS(=O)(=O)C(F)(F)F)c3n2)cc1. The normalized spacial score (nSPS) is 12.4. The average molecular weight is 472 g/mol. The number of hydrogen-bond acceptors (Lipinski definition) is 9. The van der Waals surface area contributed by atoms with Crippen molar-refractivity contribution in [3.63, 3.8) is 0 Å². The van der Waals surface area contributed by atoms with Crippen LogP contribution in [-0.4, -0.2) is 38.6 Å². The zero-order chi connectivity index (χ0) is 23.0. The number of halogens is 3. The summed E-state index contributed by atoms with van der Waals surface area (Å²) >= 11 is 0. The quantitative estimate of drug-likeness (QED) is 0.438. The Morgan fingerprint density at radius 3 is 2.26 bits per heavy atom. The fourth-order valence-corrected chi connectivity index (χ4v) is 3.49. The molecule has 0 bridgehead atoms. The lowest BCUT2D eigenvalue weighted by molar-refractivity contribution is -0.0499. The van der Waals surface area contributed by atoms with E-state index < -0.39 is 36.8 Å². The van der Waals surface area contributed by atoms with Crippen molar-refractivity contribution in [2.75, 3.05) is 11.6 Å². The van der Waals surface area contributed by atoms with Gasteiger partial charge in [0.1, 0.15) is 11.6 Å². The molecule has 0 amide bonds. The van der Waals surface area contributed by atoms with E-state index in [1.54, 1.807) is 6.07 Å². The molecule has 0 spiro atoms. The smallest absolute Gasteiger partial charge is 0.372 e. The topological polar surface area (TPSA) is 139 Å². The van der Waals surface area contributed by atoms with E-state index in [1.165, 1.54) is 36.5 Å². The van der Waals surface area contributed by atoms with Crippen LogP contribution in [0.15, 0.2) is 47.5 Å². The molecular formula is C17H11F3N4O5S2. The van der Waals surface area contributed by atoms with Crippen molar-refractivity contribution in [2.24, 2.45) is 0 Å². The molecule has 0 saturated carbocycles. The maximum atomic E-state index is 12.8. The average Bonchev–Trinajstić information content (AvgIpc) is 2.67. The minimum absolute atomic E-state index is 0.0594. The number of hydrogen-bond donors (Lipinski definition) is 1. The lowest BCUT2D eigenvalue weighted by Gasteiger charge is -2.13. The summed E-state index contributed by atoms with van der Waals surface area (Å²) < 4.78 is 88.4. The van der Waals surface area contributed by atoms with Gasteiger partial charge in [0.2, 0.25) is 5.95 Å². The summed E-state index contributed by atoms with van der Waals surface area (Å²) in [6.45, 7) is 0. The fourth-order valence-electron chi connectivity index (χ4n) is 2.38. The first-order valence-corrected chi connectivity index (χ1v) is 11.4. The number of alkyl halides is 3. The van der Waals surface area contributed by atoms with Gasteiger partial charge in [-0.05, 0) is 36.4 Å². The number of aromatic nitrogens is 2. The first-order chi connectivity index (χ1) is 14.3. The van der Waals surface area contributed by atoms with Crippen LogP contribution in [0.2, 0.25) is 0 Å². The summed E-state index contributed by atoms with van der Waals surface area (Å²) in [4.78, 5) is 7.99. The summed E-state index contributed by atoms with van der Waals surface area (Å²) in [7, 11) is -9.47. The third kappa shape index (κ3) is 4.67. The van der Waals surface area contributed by atoms with Crippen LogP contribution in [0.4, 0.5) is 24.8 Å². The molecule has 1 aromatic heterocycles. The monoisotopic (exact) mass is 472 g/mol. The number of fused-ring (bicyclic) bond motifs is 1. The van der Waals surface area contributed by atoms with Crippen LogP contribution in [0, 0.1) is 11.3 Å². The Morgan fingerprint density at radius 2 is 1.71 bits per heavy atom. The molecule has 0 fully saturated rings. The molecule has 1 heterocycles. The highest BCUT2D eigenvalue weighted by Crippen LogP contribution is 2.34. The van der Waals surface area contributed by atoms with E-state index in [0.717, 1.165) is 12.3 Å². The number of sulfone groups is 1. The molecule has 0 aliphatic heterocycles. The molecule has 1 N–H and O–H groups in total. The lowest BCUT2D eigenvalue weighted by atomic mass is 10.1. The Balaban J connectivity index is 2.06. The highest BCUT2D eigenvalue weighted by atomic mass is 32.2. The Labute approximate surface area is 174 Å². The fraction of sp³-hybridized carbons (Fsp3) is 0.118. The molecule has 14 heteroatoms. The molecule has 0 aliphatic rings. The Hall–Kier alpha value is -3.44. The third-order valence-corrected chi connectivity index (χ3v) is 5.92. The van der Waals surface area contributed by atoms with E-state index >= 15 is 0 Å². The molecule has 0 radical (unpaired) electrons. The number of nitrogens with one attached hydrogen (secondary N) is 1.